The third-order valence-corrected chi connectivity index (χ3v) is 3.16. The minimum atomic E-state index is -0.169. The normalized spacial score (nSPS) is 17.0. The molecule has 1 aromatic heterocycles. The lowest BCUT2D eigenvalue weighted by Gasteiger charge is -2.20. The highest BCUT2D eigenvalue weighted by molar-refractivity contribution is 5.77. The molecule has 17 heavy (non-hydrogen) atoms. The standard InChI is InChI=1S/C11H19N5O/c12-6-11(17)13-7-9-8-16(15-14-9)10-4-2-1-3-5-10/h8,10H,1-7,12H2,(H,13,17). The molecule has 1 fully saturated rings. The number of nitrogens with one attached hydrogen (secondary N) is 1. The number of hydrogen-bond donors (Lipinski definition) is 2. The van der Waals surface area contributed by atoms with Gasteiger partial charge in [0.05, 0.1) is 25.3 Å². The maximum Gasteiger partial charge on any atom is 0.234 e. The number of carbonyl (C=O) groups excluding carboxylic acids is 1. The molecule has 1 saturated carbocycles. The number of nitrogens with zero attached hydrogens (tertiary/aromatic N) is 3. The Morgan fingerprint density at radius 1 is 1.47 bits per heavy atom. The number of hydrogen-bond acceptors (Lipinski definition) is 4. The Kier molecular flexibility index (Phi) is 4.08. The van der Waals surface area contributed by atoms with Crippen molar-refractivity contribution in [3.63, 3.8) is 0 Å². The van der Waals surface area contributed by atoms with Gasteiger partial charge in [-0.15, -0.1) is 5.10 Å². The molecule has 1 heterocycles. The Bertz CT molecular complexity index is 370. The summed E-state index contributed by atoms with van der Waals surface area (Å²) in [6.45, 7) is 0.416. The molecule has 0 bridgehead atoms. The molecule has 1 aliphatic carbocycles. The first-order chi connectivity index (χ1) is 8.29. The van der Waals surface area contributed by atoms with Gasteiger partial charge < -0.3 is 11.1 Å². The molecule has 94 valence electrons. The lowest BCUT2D eigenvalue weighted by atomic mass is 9.96. The zero-order valence-electron chi connectivity index (χ0n) is 9.93. The summed E-state index contributed by atoms with van der Waals surface area (Å²) in [6, 6.07) is 0.482. The van der Waals surface area contributed by atoms with Gasteiger partial charge in [-0.25, -0.2) is 4.68 Å². The molecule has 0 aromatic carbocycles. The Hall–Kier alpha value is -1.43. The first kappa shape index (κ1) is 12.0. The fourth-order valence-electron chi connectivity index (χ4n) is 2.18. The van der Waals surface area contributed by atoms with E-state index in [2.05, 4.69) is 15.6 Å². The van der Waals surface area contributed by atoms with E-state index >= 15 is 0 Å². The smallest absolute Gasteiger partial charge is 0.234 e. The summed E-state index contributed by atoms with van der Waals surface area (Å²) in [5.74, 6) is -0.169. The maximum atomic E-state index is 11.0. The van der Waals surface area contributed by atoms with Crippen molar-refractivity contribution in [1.29, 1.82) is 0 Å². The molecule has 1 amide bonds. The van der Waals surface area contributed by atoms with Gasteiger partial charge in [0.1, 0.15) is 5.69 Å². The van der Waals surface area contributed by atoms with Gasteiger partial charge in [0, 0.05) is 0 Å². The van der Waals surface area contributed by atoms with E-state index in [1.165, 1.54) is 32.1 Å². The third kappa shape index (κ3) is 3.26. The lowest BCUT2D eigenvalue weighted by Crippen LogP contribution is -2.29. The van der Waals surface area contributed by atoms with E-state index in [9.17, 15) is 4.79 Å². The van der Waals surface area contributed by atoms with Gasteiger partial charge in [-0.1, -0.05) is 24.5 Å². The molecule has 0 spiro atoms. The van der Waals surface area contributed by atoms with Crippen molar-refractivity contribution in [3.8, 4) is 0 Å². The Balaban J connectivity index is 1.88. The predicted molar refractivity (Wildman–Crippen MR) is 63.0 cm³/mol. The highest BCUT2D eigenvalue weighted by Gasteiger charge is 2.16. The minimum absolute atomic E-state index is 0.0107. The van der Waals surface area contributed by atoms with Crippen LogP contribution in [-0.2, 0) is 11.3 Å². The fourth-order valence-corrected chi connectivity index (χ4v) is 2.18. The molecule has 2 rings (SSSR count). The minimum Gasteiger partial charge on any atom is -0.349 e. The van der Waals surface area contributed by atoms with E-state index in [0.29, 0.717) is 12.6 Å². The highest BCUT2D eigenvalue weighted by atomic mass is 16.1. The number of rotatable bonds is 4. The number of amides is 1. The van der Waals surface area contributed by atoms with Crippen molar-refractivity contribution in [2.45, 2.75) is 44.7 Å². The van der Waals surface area contributed by atoms with Crippen LogP contribution in [0.2, 0.25) is 0 Å². The number of carbonyl (C=O) groups is 1. The zero-order valence-corrected chi connectivity index (χ0v) is 9.93. The maximum absolute atomic E-state index is 11.0. The molecular formula is C11H19N5O. The SMILES string of the molecule is NCC(=O)NCc1cn(C2CCCCC2)nn1. The molecule has 3 N–H and O–H groups in total. The van der Waals surface area contributed by atoms with Crippen LogP contribution < -0.4 is 11.1 Å². The van der Waals surface area contributed by atoms with Crippen LogP contribution >= 0.6 is 0 Å². The first-order valence-corrected chi connectivity index (χ1v) is 6.17. The summed E-state index contributed by atoms with van der Waals surface area (Å²) in [5, 5.41) is 10.9. The van der Waals surface area contributed by atoms with Crippen LogP contribution in [0.5, 0.6) is 0 Å². The van der Waals surface area contributed by atoms with E-state index in [0.717, 1.165) is 5.69 Å². The van der Waals surface area contributed by atoms with Crippen LogP contribution in [0.25, 0.3) is 0 Å². The van der Waals surface area contributed by atoms with Gasteiger partial charge in [-0.2, -0.15) is 0 Å². The first-order valence-electron chi connectivity index (χ1n) is 6.17. The molecule has 0 radical (unpaired) electrons. The van der Waals surface area contributed by atoms with Gasteiger partial charge in [0.15, 0.2) is 0 Å². The Morgan fingerprint density at radius 2 is 2.24 bits per heavy atom. The molecule has 0 aliphatic heterocycles. The Labute approximate surface area is 101 Å². The van der Waals surface area contributed by atoms with E-state index in [1.54, 1.807) is 0 Å². The van der Waals surface area contributed by atoms with Gasteiger partial charge in [-0.3, -0.25) is 4.79 Å². The van der Waals surface area contributed by atoms with Crippen LogP contribution in [-0.4, -0.2) is 27.4 Å². The third-order valence-electron chi connectivity index (χ3n) is 3.16. The molecule has 0 saturated heterocycles. The lowest BCUT2D eigenvalue weighted by molar-refractivity contribution is -0.119. The monoisotopic (exact) mass is 237 g/mol. The molecule has 6 heteroatoms. The van der Waals surface area contributed by atoms with E-state index < -0.39 is 0 Å². The average Bonchev–Trinajstić information content (AvgIpc) is 2.86. The fraction of sp³-hybridized carbons (Fsp3) is 0.727. The second-order valence-electron chi connectivity index (χ2n) is 4.46. The summed E-state index contributed by atoms with van der Waals surface area (Å²) < 4.78 is 1.93. The van der Waals surface area contributed by atoms with Crippen LogP contribution in [0.3, 0.4) is 0 Å². The largest absolute Gasteiger partial charge is 0.349 e. The van der Waals surface area contributed by atoms with Gasteiger partial charge >= 0.3 is 0 Å². The van der Waals surface area contributed by atoms with Crippen molar-refractivity contribution in [3.05, 3.63) is 11.9 Å². The van der Waals surface area contributed by atoms with Gasteiger partial charge in [-0.05, 0) is 12.8 Å². The van der Waals surface area contributed by atoms with Crippen LogP contribution in [0, 0.1) is 0 Å². The molecular weight excluding hydrogens is 218 g/mol. The van der Waals surface area contributed by atoms with Crippen LogP contribution in [0.4, 0.5) is 0 Å². The molecule has 6 nitrogen and oxygen atoms in total. The Morgan fingerprint density at radius 3 is 2.94 bits per heavy atom. The van der Waals surface area contributed by atoms with Crippen molar-refractivity contribution in [2.75, 3.05) is 6.54 Å². The van der Waals surface area contributed by atoms with Crippen molar-refractivity contribution >= 4 is 5.91 Å². The molecule has 0 atom stereocenters. The summed E-state index contributed by atoms with van der Waals surface area (Å²) in [6.07, 6.45) is 8.14. The van der Waals surface area contributed by atoms with Crippen molar-refractivity contribution in [1.82, 2.24) is 20.3 Å². The quantitative estimate of drug-likeness (QED) is 0.791. The van der Waals surface area contributed by atoms with Gasteiger partial charge in [0.25, 0.3) is 0 Å². The summed E-state index contributed by atoms with van der Waals surface area (Å²) in [4.78, 5) is 11.0. The molecule has 1 aliphatic rings. The predicted octanol–water partition coefficient (Wildman–Crippen LogP) is 0.358. The summed E-state index contributed by atoms with van der Waals surface area (Å²) >= 11 is 0. The molecule has 1 aromatic rings. The number of nitrogens with two attached hydrogens (primary N) is 1. The summed E-state index contributed by atoms with van der Waals surface area (Å²) in [5.41, 5.74) is 5.99. The second-order valence-corrected chi connectivity index (χ2v) is 4.46. The van der Waals surface area contributed by atoms with Crippen LogP contribution in [0.15, 0.2) is 6.20 Å². The zero-order chi connectivity index (χ0) is 12.1. The second kappa shape index (κ2) is 5.77. The molecule has 0 unspecified atom stereocenters. The van der Waals surface area contributed by atoms with E-state index in [-0.39, 0.29) is 12.5 Å². The van der Waals surface area contributed by atoms with Crippen molar-refractivity contribution in [2.24, 2.45) is 5.73 Å². The van der Waals surface area contributed by atoms with Crippen molar-refractivity contribution < 1.29 is 4.79 Å². The van der Waals surface area contributed by atoms with Crippen LogP contribution in [0.1, 0.15) is 43.8 Å². The highest BCUT2D eigenvalue weighted by Crippen LogP contribution is 2.27. The van der Waals surface area contributed by atoms with E-state index in [4.69, 9.17) is 5.73 Å². The van der Waals surface area contributed by atoms with E-state index in [1.807, 2.05) is 10.9 Å². The topological polar surface area (TPSA) is 85.8 Å². The average molecular weight is 237 g/mol. The van der Waals surface area contributed by atoms with Gasteiger partial charge in [0.2, 0.25) is 5.91 Å². The number of aromatic nitrogens is 3. The summed E-state index contributed by atoms with van der Waals surface area (Å²) in [7, 11) is 0.